The van der Waals surface area contributed by atoms with Gasteiger partial charge in [-0.3, -0.25) is 4.79 Å². The number of amides is 2. The van der Waals surface area contributed by atoms with Crippen molar-refractivity contribution >= 4 is 22.8 Å². The molecular weight excluding hydrogens is 404 g/mol. The normalized spacial score (nSPS) is 19.8. The van der Waals surface area contributed by atoms with Crippen LogP contribution < -0.4 is 5.32 Å². The third kappa shape index (κ3) is 4.75. The molecule has 4 rings (SSSR count). The topological polar surface area (TPSA) is 78.9 Å². The average molecular weight is 439 g/mol. The molecule has 6 nitrogen and oxygen atoms in total. The summed E-state index contributed by atoms with van der Waals surface area (Å²) in [6, 6.07) is 14.0. The van der Waals surface area contributed by atoms with Crippen LogP contribution in [0.5, 0.6) is 0 Å². The van der Waals surface area contributed by atoms with Crippen molar-refractivity contribution in [1.82, 2.24) is 10.2 Å². The Hall–Kier alpha value is -2.60. The third-order valence-electron chi connectivity index (χ3n) is 6.67. The highest BCUT2D eigenvalue weighted by atomic mass is 16.6. The number of likely N-dealkylation sites (tertiary alicyclic amines) is 1. The third-order valence-corrected chi connectivity index (χ3v) is 6.67. The highest BCUT2D eigenvalue weighted by Gasteiger charge is 2.48. The van der Waals surface area contributed by atoms with Crippen LogP contribution in [-0.2, 0) is 9.53 Å². The smallest absolute Gasteiger partial charge is 0.407 e. The quantitative estimate of drug-likeness (QED) is 0.744. The molecule has 32 heavy (non-hydrogen) atoms. The molecule has 1 atom stereocenters. The Balaban J connectivity index is 1.49. The van der Waals surface area contributed by atoms with E-state index in [0.717, 1.165) is 22.8 Å². The molecule has 172 valence electrons. The Morgan fingerprint density at radius 2 is 1.75 bits per heavy atom. The van der Waals surface area contributed by atoms with Crippen molar-refractivity contribution in [1.29, 1.82) is 0 Å². The number of nitrogens with zero attached hydrogens (tertiary/aromatic N) is 1. The minimum atomic E-state index is -0.993. The molecule has 2 aliphatic rings. The lowest BCUT2D eigenvalue weighted by Gasteiger charge is -2.45. The molecule has 1 saturated carbocycles. The first-order chi connectivity index (χ1) is 15.2. The number of carbonyl (C=O) groups is 2. The summed E-state index contributed by atoms with van der Waals surface area (Å²) in [5.74, 6) is -0.586. The van der Waals surface area contributed by atoms with Crippen LogP contribution in [0.4, 0.5) is 4.79 Å². The zero-order valence-electron chi connectivity index (χ0n) is 19.3. The lowest BCUT2D eigenvalue weighted by atomic mass is 9.67. The average Bonchev–Trinajstić information content (AvgIpc) is 2.72. The maximum absolute atomic E-state index is 13.8. The van der Waals surface area contributed by atoms with Gasteiger partial charge in [0, 0.05) is 19.1 Å². The molecule has 0 aromatic heterocycles. The Morgan fingerprint density at radius 1 is 1.09 bits per heavy atom. The van der Waals surface area contributed by atoms with Gasteiger partial charge < -0.3 is 20.1 Å². The molecule has 2 aromatic rings. The van der Waals surface area contributed by atoms with E-state index < -0.39 is 23.2 Å². The standard InChI is InChI=1S/C26H34N2O4/c1-25(2,3)32-24(30)27-19-12-16-28(17-13-19)23(29)22(26(31)14-7-15-26)21-11-6-9-18-8-4-5-10-20(18)21/h4-6,8-11,19,22,31H,7,12-17H2,1-3H3,(H,27,30). The predicted octanol–water partition coefficient (Wildman–Crippen LogP) is 4.35. The van der Waals surface area contributed by atoms with Crippen LogP contribution in [0, 0.1) is 0 Å². The molecule has 0 radical (unpaired) electrons. The van der Waals surface area contributed by atoms with Crippen molar-refractivity contribution in [3.63, 3.8) is 0 Å². The van der Waals surface area contributed by atoms with E-state index in [1.807, 2.05) is 68.1 Å². The number of alkyl carbamates (subject to hydrolysis) is 1. The highest BCUT2D eigenvalue weighted by Crippen LogP contribution is 2.46. The first-order valence-electron chi connectivity index (χ1n) is 11.6. The van der Waals surface area contributed by atoms with Gasteiger partial charge in [0.15, 0.2) is 0 Å². The van der Waals surface area contributed by atoms with E-state index in [4.69, 9.17) is 4.74 Å². The summed E-state index contributed by atoms with van der Waals surface area (Å²) in [6.45, 7) is 6.62. The van der Waals surface area contributed by atoms with Crippen LogP contribution in [0.1, 0.15) is 64.4 Å². The van der Waals surface area contributed by atoms with Gasteiger partial charge in [0.25, 0.3) is 0 Å². The Kier molecular flexibility index (Phi) is 6.17. The summed E-state index contributed by atoms with van der Waals surface area (Å²) in [6.07, 6.45) is 3.15. The molecule has 1 aliphatic heterocycles. The Bertz CT molecular complexity index is 979. The second-order valence-electron chi connectivity index (χ2n) is 10.2. The van der Waals surface area contributed by atoms with Gasteiger partial charge >= 0.3 is 6.09 Å². The number of carbonyl (C=O) groups excluding carboxylic acids is 2. The maximum Gasteiger partial charge on any atom is 0.407 e. The lowest BCUT2D eigenvalue weighted by Crippen LogP contribution is -2.54. The zero-order chi connectivity index (χ0) is 22.9. The van der Waals surface area contributed by atoms with Crippen molar-refractivity contribution in [3.8, 4) is 0 Å². The number of aliphatic hydroxyl groups is 1. The minimum absolute atomic E-state index is 0.0146. The molecule has 2 N–H and O–H groups in total. The molecule has 1 saturated heterocycles. The number of fused-ring (bicyclic) bond motifs is 1. The van der Waals surface area contributed by atoms with Gasteiger partial charge in [0.1, 0.15) is 5.60 Å². The first-order valence-corrected chi connectivity index (χ1v) is 11.6. The summed E-state index contributed by atoms with van der Waals surface area (Å²) in [4.78, 5) is 27.7. The Morgan fingerprint density at radius 3 is 2.38 bits per heavy atom. The number of ether oxygens (including phenoxy) is 1. The second kappa shape index (κ2) is 8.74. The number of piperidine rings is 1. The van der Waals surface area contributed by atoms with Crippen molar-refractivity contribution in [2.45, 2.75) is 76.0 Å². The first kappa shape index (κ1) is 22.6. The predicted molar refractivity (Wildman–Crippen MR) is 124 cm³/mol. The van der Waals surface area contributed by atoms with E-state index in [1.54, 1.807) is 0 Å². The molecule has 2 fully saturated rings. The van der Waals surface area contributed by atoms with Crippen LogP contribution in [0.25, 0.3) is 10.8 Å². The van der Waals surface area contributed by atoms with E-state index >= 15 is 0 Å². The molecule has 0 spiro atoms. The van der Waals surface area contributed by atoms with Crippen molar-refractivity contribution in [3.05, 3.63) is 48.0 Å². The summed E-state index contributed by atoms with van der Waals surface area (Å²) in [5.41, 5.74) is -0.624. The summed E-state index contributed by atoms with van der Waals surface area (Å²) in [7, 11) is 0. The monoisotopic (exact) mass is 438 g/mol. The van der Waals surface area contributed by atoms with Crippen LogP contribution in [0.15, 0.2) is 42.5 Å². The van der Waals surface area contributed by atoms with E-state index in [9.17, 15) is 14.7 Å². The van der Waals surface area contributed by atoms with Gasteiger partial charge in [-0.25, -0.2) is 4.79 Å². The van der Waals surface area contributed by atoms with Crippen molar-refractivity contribution in [2.24, 2.45) is 0 Å². The van der Waals surface area contributed by atoms with E-state index in [-0.39, 0.29) is 11.9 Å². The number of benzene rings is 2. The summed E-state index contributed by atoms with van der Waals surface area (Å²) >= 11 is 0. The van der Waals surface area contributed by atoms with Gasteiger partial charge in [-0.15, -0.1) is 0 Å². The molecule has 1 aliphatic carbocycles. The van der Waals surface area contributed by atoms with Gasteiger partial charge in [0.05, 0.1) is 11.5 Å². The number of nitrogens with one attached hydrogen (secondary N) is 1. The molecule has 6 heteroatoms. The van der Waals surface area contributed by atoms with E-state index in [1.165, 1.54) is 0 Å². The van der Waals surface area contributed by atoms with Crippen molar-refractivity contribution < 1.29 is 19.4 Å². The molecule has 0 bridgehead atoms. The zero-order valence-corrected chi connectivity index (χ0v) is 19.3. The SMILES string of the molecule is CC(C)(C)OC(=O)NC1CCN(C(=O)C(c2cccc3ccccc23)C2(O)CCC2)CC1. The summed E-state index contributed by atoms with van der Waals surface area (Å²) < 4.78 is 5.35. The largest absolute Gasteiger partial charge is 0.444 e. The van der Waals surface area contributed by atoms with Gasteiger partial charge in [-0.1, -0.05) is 42.5 Å². The number of hydrogen-bond acceptors (Lipinski definition) is 4. The number of hydrogen-bond donors (Lipinski definition) is 2. The molecule has 1 unspecified atom stereocenters. The Labute approximate surface area is 189 Å². The van der Waals surface area contributed by atoms with Gasteiger partial charge in [-0.05, 0) is 69.2 Å². The molecular formula is C26H34N2O4. The van der Waals surface area contributed by atoms with Crippen LogP contribution in [0.3, 0.4) is 0 Å². The van der Waals surface area contributed by atoms with Gasteiger partial charge in [-0.2, -0.15) is 0 Å². The van der Waals surface area contributed by atoms with Crippen LogP contribution >= 0.6 is 0 Å². The minimum Gasteiger partial charge on any atom is -0.444 e. The molecule has 2 amide bonds. The molecule has 1 heterocycles. The van der Waals surface area contributed by atoms with E-state index in [2.05, 4.69) is 5.32 Å². The number of rotatable bonds is 4. The van der Waals surface area contributed by atoms with E-state index in [0.29, 0.717) is 38.8 Å². The van der Waals surface area contributed by atoms with Crippen LogP contribution in [0.2, 0.25) is 0 Å². The fraction of sp³-hybridized carbons (Fsp3) is 0.538. The summed E-state index contributed by atoms with van der Waals surface area (Å²) in [5, 5.41) is 16.4. The second-order valence-corrected chi connectivity index (χ2v) is 10.2. The molecule has 2 aromatic carbocycles. The fourth-order valence-electron chi connectivity index (χ4n) is 4.88. The van der Waals surface area contributed by atoms with Gasteiger partial charge in [0.2, 0.25) is 5.91 Å². The van der Waals surface area contributed by atoms with Crippen LogP contribution in [-0.4, -0.2) is 52.3 Å². The lowest BCUT2D eigenvalue weighted by molar-refractivity contribution is -0.146. The maximum atomic E-state index is 13.8. The van der Waals surface area contributed by atoms with Crippen molar-refractivity contribution in [2.75, 3.05) is 13.1 Å². The fourth-order valence-corrected chi connectivity index (χ4v) is 4.88. The highest BCUT2D eigenvalue weighted by molar-refractivity contribution is 5.94.